The summed E-state index contributed by atoms with van der Waals surface area (Å²) in [5.41, 5.74) is 2.45. The molecule has 4 rings (SSSR count). The van der Waals surface area contributed by atoms with Crippen LogP contribution in [0.15, 0.2) is 77.0 Å². The van der Waals surface area contributed by atoms with Gasteiger partial charge in [-0.2, -0.15) is 5.10 Å². The highest BCUT2D eigenvalue weighted by Crippen LogP contribution is 2.17. The van der Waals surface area contributed by atoms with Crippen molar-refractivity contribution in [1.29, 1.82) is 0 Å². The van der Waals surface area contributed by atoms with Gasteiger partial charge in [-0.05, 0) is 64.5 Å². The lowest BCUT2D eigenvalue weighted by Gasteiger charge is -2.08. The monoisotopic (exact) mass is 467 g/mol. The van der Waals surface area contributed by atoms with E-state index in [0.717, 1.165) is 10.2 Å². The molecule has 0 spiro atoms. The maximum absolute atomic E-state index is 12.5. The highest BCUT2D eigenvalue weighted by Gasteiger charge is 2.10. The van der Waals surface area contributed by atoms with Crippen molar-refractivity contribution in [1.82, 2.24) is 14.8 Å². The Labute approximate surface area is 178 Å². The van der Waals surface area contributed by atoms with Crippen LogP contribution in [0.3, 0.4) is 0 Å². The molecular weight excluding hydrogens is 454 g/mol. The average molecular weight is 468 g/mol. The first-order valence-electron chi connectivity index (χ1n) is 8.51. The van der Waals surface area contributed by atoms with Gasteiger partial charge in [0.05, 0.1) is 16.4 Å². The normalized spacial score (nSPS) is 10.5. The van der Waals surface area contributed by atoms with E-state index >= 15 is 0 Å². The summed E-state index contributed by atoms with van der Waals surface area (Å²) in [4.78, 5) is 28.7. The van der Waals surface area contributed by atoms with E-state index in [0.29, 0.717) is 21.9 Å². The van der Waals surface area contributed by atoms with Gasteiger partial charge < -0.3 is 5.32 Å². The quantitative estimate of drug-likeness (QED) is 0.448. The van der Waals surface area contributed by atoms with Crippen molar-refractivity contribution in [2.45, 2.75) is 0 Å². The molecule has 2 amide bonds. The molecule has 4 aromatic rings. The molecule has 0 bridgehead atoms. The van der Waals surface area contributed by atoms with E-state index in [9.17, 15) is 9.59 Å². The van der Waals surface area contributed by atoms with Crippen molar-refractivity contribution >= 4 is 49.9 Å². The van der Waals surface area contributed by atoms with E-state index in [1.807, 2.05) is 18.3 Å². The number of thiazole rings is 1. The van der Waals surface area contributed by atoms with E-state index in [-0.39, 0.29) is 11.8 Å². The standard InChI is InChI=1S/C20H14BrN5O2S/c21-15-11-23-26(12-15)17-7-3-14(4-8-17)18(27)24-16-5-1-13(2-6-16)19(28)25-20-22-9-10-29-20/h1-12H,(H,24,27)(H,22,25,28). The van der Waals surface area contributed by atoms with Crippen molar-refractivity contribution < 1.29 is 9.59 Å². The van der Waals surface area contributed by atoms with Crippen LogP contribution in [0.5, 0.6) is 0 Å². The Balaban J connectivity index is 1.39. The van der Waals surface area contributed by atoms with E-state index in [1.165, 1.54) is 11.3 Å². The van der Waals surface area contributed by atoms with E-state index in [4.69, 9.17) is 0 Å². The van der Waals surface area contributed by atoms with Crippen LogP contribution in [0.25, 0.3) is 5.69 Å². The van der Waals surface area contributed by atoms with Gasteiger partial charge in [0.15, 0.2) is 5.13 Å². The van der Waals surface area contributed by atoms with Crippen LogP contribution in [0, 0.1) is 0 Å². The predicted molar refractivity (Wildman–Crippen MR) is 116 cm³/mol. The summed E-state index contributed by atoms with van der Waals surface area (Å²) >= 11 is 4.71. The van der Waals surface area contributed by atoms with E-state index < -0.39 is 0 Å². The minimum atomic E-state index is -0.251. The molecule has 2 aromatic carbocycles. The fourth-order valence-electron chi connectivity index (χ4n) is 2.57. The summed E-state index contributed by atoms with van der Waals surface area (Å²) in [6, 6.07) is 13.8. The fourth-order valence-corrected chi connectivity index (χ4v) is 3.38. The summed E-state index contributed by atoms with van der Waals surface area (Å²) in [6.07, 6.45) is 5.15. The molecule has 0 fully saturated rings. The third-order valence-electron chi connectivity index (χ3n) is 4.00. The molecule has 9 heteroatoms. The number of carbonyl (C=O) groups excluding carboxylic acids is 2. The third-order valence-corrected chi connectivity index (χ3v) is 5.10. The zero-order chi connectivity index (χ0) is 20.2. The van der Waals surface area contributed by atoms with Gasteiger partial charge in [0, 0.05) is 34.6 Å². The molecule has 0 saturated carbocycles. The smallest absolute Gasteiger partial charge is 0.257 e. The van der Waals surface area contributed by atoms with Gasteiger partial charge in [-0.25, -0.2) is 9.67 Å². The van der Waals surface area contributed by atoms with Gasteiger partial charge in [0.2, 0.25) is 0 Å². The number of carbonyl (C=O) groups is 2. The van der Waals surface area contributed by atoms with Gasteiger partial charge in [-0.15, -0.1) is 11.3 Å². The van der Waals surface area contributed by atoms with Gasteiger partial charge in [0.25, 0.3) is 11.8 Å². The highest BCUT2D eigenvalue weighted by molar-refractivity contribution is 9.10. The van der Waals surface area contributed by atoms with Gasteiger partial charge in [-0.3, -0.25) is 14.9 Å². The molecule has 0 atom stereocenters. The lowest BCUT2D eigenvalue weighted by molar-refractivity contribution is 0.102. The highest BCUT2D eigenvalue weighted by atomic mass is 79.9. The van der Waals surface area contributed by atoms with E-state index in [1.54, 1.807) is 58.9 Å². The average Bonchev–Trinajstić information content (AvgIpc) is 3.40. The van der Waals surface area contributed by atoms with Crippen LogP contribution in [-0.4, -0.2) is 26.6 Å². The number of nitrogens with zero attached hydrogens (tertiary/aromatic N) is 3. The molecule has 144 valence electrons. The molecule has 2 heterocycles. The second kappa shape index (κ2) is 8.38. The van der Waals surface area contributed by atoms with Crippen LogP contribution in [-0.2, 0) is 0 Å². The molecule has 0 aliphatic rings. The second-order valence-corrected chi connectivity index (χ2v) is 7.78. The molecule has 0 unspecified atom stereocenters. The van der Waals surface area contributed by atoms with Crippen LogP contribution in [0.2, 0.25) is 0 Å². The molecule has 0 aliphatic carbocycles. The molecule has 29 heavy (non-hydrogen) atoms. The number of amides is 2. The molecule has 7 nitrogen and oxygen atoms in total. The van der Waals surface area contributed by atoms with Crippen molar-refractivity contribution in [3.63, 3.8) is 0 Å². The topological polar surface area (TPSA) is 88.9 Å². The summed E-state index contributed by atoms with van der Waals surface area (Å²) in [7, 11) is 0. The van der Waals surface area contributed by atoms with Gasteiger partial charge >= 0.3 is 0 Å². The maximum atomic E-state index is 12.5. The van der Waals surface area contributed by atoms with Crippen molar-refractivity contribution in [3.05, 3.63) is 88.1 Å². The molecule has 0 aliphatic heterocycles. The fraction of sp³-hybridized carbons (Fsp3) is 0. The number of hydrogen-bond acceptors (Lipinski definition) is 5. The first-order chi connectivity index (χ1) is 14.1. The van der Waals surface area contributed by atoms with Crippen molar-refractivity contribution in [3.8, 4) is 5.69 Å². The van der Waals surface area contributed by atoms with Crippen LogP contribution in [0.1, 0.15) is 20.7 Å². The lowest BCUT2D eigenvalue weighted by Crippen LogP contribution is -2.13. The Morgan fingerprint density at radius 2 is 1.59 bits per heavy atom. The van der Waals surface area contributed by atoms with Crippen LogP contribution < -0.4 is 10.6 Å². The SMILES string of the molecule is O=C(Nc1ccc(C(=O)Nc2nccs2)cc1)c1ccc(-n2cc(Br)cn2)cc1. The second-order valence-electron chi connectivity index (χ2n) is 5.97. The largest absolute Gasteiger partial charge is 0.322 e. The molecule has 2 aromatic heterocycles. The van der Waals surface area contributed by atoms with E-state index in [2.05, 4.69) is 36.6 Å². The summed E-state index contributed by atoms with van der Waals surface area (Å²) in [5.74, 6) is -0.489. The summed E-state index contributed by atoms with van der Waals surface area (Å²) in [5, 5.41) is 12.1. The number of benzene rings is 2. The first kappa shape index (κ1) is 19.0. The Morgan fingerprint density at radius 3 is 2.17 bits per heavy atom. The number of anilines is 2. The van der Waals surface area contributed by atoms with Crippen molar-refractivity contribution in [2.24, 2.45) is 0 Å². The zero-order valence-electron chi connectivity index (χ0n) is 14.9. The summed E-state index contributed by atoms with van der Waals surface area (Å²) < 4.78 is 2.59. The summed E-state index contributed by atoms with van der Waals surface area (Å²) in [6.45, 7) is 0. The molecule has 2 N–H and O–H groups in total. The number of nitrogens with one attached hydrogen (secondary N) is 2. The van der Waals surface area contributed by atoms with Crippen molar-refractivity contribution in [2.75, 3.05) is 10.6 Å². The number of hydrogen-bond donors (Lipinski definition) is 2. The van der Waals surface area contributed by atoms with Gasteiger partial charge in [0.1, 0.15) is 0 Å². The zero-order valence-corrected chi connectivity index (χ0v) is 17.3. The van der Waals surface area contributed by atoms with Gasteiger partial charge in [-0.1, -0.05) is 0 Å². The number of halogens is 1. The molecular formula is C20H14BrN5O2S. The number of aromatic nitrogens is 3. The van der Waals surface area contributed by atoms with Crippen LogP contribution >= 0.6 is 27.3 Å². The third kappa shape index (κ3) is 4.58. The Hall–Kier alpha value is -3.30. The Kier molecular flexibility index (Phi) is 5.50. The Bertz CT molecular complexity index is 1140. The lowest BCUT2D eigenvalue weighted by atomic mass is 10.1. The molecule has 0 saturated heterocycles. The molecule has 0 radical (unpaired) electrons. The predicted octanol–water partition coefficient (Wildman–Crippen LogP) is 4.60. The minimum absolute atomic E-state index is 0.238. The number of rotatable bonds is 5. The minimum Gasteiger partial charge on any atom is -0.322 e. The first-order valence-corrected chi connectivity index (χ1v) is 10.2. The Morgan fingerprint density at radius 1 is 0.931 bits per heavy atom. The maximum Gasteiger partial charge on any atom is 0.257 e. The van der Waals surface area contributed by atoms with Crippen LogP contribution in [0.4, 0.5) is 10.8 Å².